The molecule has 0 fully saturated rings. The number of hydrogen-bond acceptors (Lipinski definition) is 7. The van der Waals surface area contributed by atoms with Crippen LogP contribution in [0.25, 0.3) is 33.6 Å². The summed E-state index contributed by atoms with van der Waals surface area (Å²) >= 11 is 0. The van der Waals surface area contributed by atoms with Crippen LogP contribution in [0.1, 0.15) is 21.6 Å². The van der Waals surface area contributed by atoms with Crippen LogP contribution in [0.15, 0.2) is 71.5 Å². The Kier molecular flexibility index (Phi) is 5.79. The molecule has 10 heteroatoms. The van der Waals surface area contributed by atoms with Gasteiger partial charge in [0, 0.05) is 0 Å². The largest absolute Gasteiger partial charge is 0.497 e. The van der Waals surface area contributed by atoms with Gasteiger partial charge in [0.2, 0.25) is 0 Å². The highest BCUT2D eigenvalue weighted by atomic mass is 16.6. The number of rotatable bonds is 6. The first-order valence-electron chi connectivity index (χ1n) is 9.95. The van der Waals surface area contributed by atoms with Crippen LogP contribution in [0.5, 0.6) is 5.75 Å². The molecular formula is C24H18N4O6. The van der Waals surface area contributed by atoms with Crippen molar-refractivity contribution in [3.8, 4) is 16.9 Å². The summed E-state index contributed by atoms with van der Waals surface area (Å²) in [5.74, 6) is -0.589. The summed E-state index contributed by atoms with van der Waals surface area (Å²) in [5.41, 5.74) is 6.09. The Labute approximate surface area is 192 Å². The molecule has 170 valence electrons. The van der Waals surface area contributed by atoms with Gasteiger partial charge < -0.3 is 20.6 Å². The predicted octanol–water partition coefficient (Wildman–Crippen LogP) is 3.36. The molecule has 0 unspecified atom stereocenters. The Morgan fingerprint density at radius 3 is 2.47 bits per heavy atom. The zero-order chi connectivity index (χ0) is 24.4. The third-order valence-corrected chi connectivity index (χ3v) is 5.17. The molecule has 4 N–H and O–H groups in total. The van der Waals surface area contributed by atoms with E-state index >= 15 is 0 Å². The van der Waals surface area contributed by atoms with E-state index in [4.69, 9.17) is 10.5 Å². The minimum atomic E-state index is -1.25. The minimum Gasteiger partial charge on any atom is -0.497 e. The quantitative estimate of drug-likeness (QED) is 0.293. The van der Waals surface area contributed by atoms with Crippen LogP contribution in [-0.2, 0) is 0 Å². The number of aromatic carboxylic acids is 1. The van der Waals surface area contributed by atoms with Crippen LogP contribution < -0.4 is 16.0 Å². The van der Waals surface area contributed by atoms with Crippen LogP contribution in [0, 0.1) is 10.1 Å². The number of fused-ring (bicyclic) bond motifs is 1. The molecule has 3 aromatic carbocycles. The maximum Gasteiger partial charge on any atom is 0.335 e. The van der Waals surface area contributed by atoms with Gasteiger partial charge in [-0.1, -0.05) is 24.3 Å². The van der Waals surface area contributed by atoms with Crippen molar-refractivity contribution in [1.29, 1.82) is 0 Å². The topological polar surface area (TPSA) is 161 Å². The molecule has 0 atom stereocenters. The van der Waals surface area contributed by atoms with E-state index in [1.807, 2.05) is 24.3 Å². The van der Waals surface area contributed by atoms with Gasteiger partial charge in [0.05, 0.1) is 34.2 Å². The maximum absolute atomic E-state index is 12.7. The number of methoxy groups -OCH3 is 1. The molecule has 0 spiro atoms. The fourth-order valence-corrected chi connectivity index (χ4v) is 3.52. The number of nitrogens with two attached hydrogens (primary N) is 1. The molecule has 1 heterocycles. The number of benzene rings is 3. The highest BCUT2D eigenvalue weighted by Gasteiger charge is 2.24. The molecule has 4 aromatic rings. The van der Waals surface area contributed by atoms with Crippen LogP contribution >= 0.6 is 0 Å². The molecule has 0 saturated heterocycles. The van der Waals surface area contributed by atoms with E-state index in [1.54, 1.807) is 25.3 Å². The molecule has 10 nitrogen and oxygen atoms in total. The van der Waals surface area contributed by atoms with Gasteiger partial charge in [-0.25, -0.2) is 9.78 Å². The molecule has 34 heavy (non-hydrogen) atoms. The lowest BCUT2D eigenvalue weighted by molar-refractivity contribution is -0.374. The number of hydrogen-bond donors (Lipinski definition) is 3. The SMILES string of the molecule is COc1cccc(-c2ccc3[nH]c(=O)c(/C(N)=C(/c4cccc(C(=O)O)c4)[N+](=O)[O-])nc3c2)c1. The number of carbonyl (C=O) groups is 1. The number of carboxylic acid groups (broad SMARTS) is 1. The average Bonchev–Trinajstić information content (AvgIpc) is 2.83. The summed E-state index contributed by atoms with van der Waals surface area (Å²) in [4.78, 5) is 42.0. The van der Waals surface area contributed by atoms with Gasteiger partial charge in [0.1, 0.15) is 11.4 Å². The van der Waals surface area contributed by atoms with Crippen LogP contribution in [-0.4, -0.2) is 33.1 Å². The highest BCUT2D eigenvalue weighted by molar-refractivity contribution is 5.91. The summed E-state index contributed by atoms with van der Waals surface area (Å²) in [5, 5.41) is 21.0. The second-order valence-corrected chi connectivity index (χ2v) is 7.28. The molecule has 0 aliphatic rings. The van der Waals surface area contributed by atoms with Crippen molar-refractivity contribution in [1.82, 2.24) is 9.97 Å². The number of carboxylic acids is 1. The van der Waals surface area contributed by atoms with Crippen molar-refractivity contribution >= 4 is 28.4 Å². The number of nitrogens with zero attached hydrogens (tertiary/aromatic N) is 2. The monoisotopic (exact) mass is 458 g/mol. The molecular weight excluding hydrogens is 440 g/mol. The van der Waals surface area contributed by atoms with E-state index in [0.717, 1.165) is 17.2 Å². The Hall–Kier alpha value is -4.99. The first-order chi connectivity index (χ1) is 16.3. The predicted molar refractivity (Wildman–Crippen MR) is 126 cm³/mol. The molecule has 0 aliphatic carbocycles. The second kappa shape index (κ2) is 8.87. The van der Waals surface area contributed by atoms with Gasteiger partial charge in [0.25, 0.3) is 5.56 Å². The minimum absolute atomic E-state index is 0.0613. The van der Waals surface area contributed by atoms with Gasteiger partial charge in [-0.05, 0) is 53.6 Å². The number of H-pyrrole nitrogens is 1. The maximum atomic E-state index is 12.7. The smallest absolute Gasteiger partial charge is 0.335 e. The average molecular weight is 458 g/mol. The summed E-state index contributed by atoms with van der Waals surface area (Å²) in [6.07, 6.45) is 0. The van der Waals surface area contributed by atoms with Gasteiger partial charge in [0.15, 0.2) is 5.69 Å². The summed E-state index contributed by atoms with van der Waals surface area (Å²) in [6.45, 7) is 0. The van der Waals surface area contributed by atoms with Crippen LogP contribution in [0.2, 0.25) is 0 Å². The molecule has 0 amide bonds. The zero-order valence-corrected chi connectivity index (χ0v) is 17.8. The Morgan fingerprint density at radius 2 is 1.76 bits per heavy atom. The van der Waals surface area contributed by atoms with Crippen molar-refractivity contribution in [3.63, 3.8) is 0 Å². The van der Waals surface area contributed by atoms with Gasteiger partial charge >= 0.3 is 11.7 Å². The summed E-state index contributed by atoms with van der Waals surface area (Å²) in [6, 6.07) is 17.6. The fourth-order valence-electron chi connectivity index (χ4n) is 3.52. The molecule has 0 aliphatic heterocycles. The number of nitro groups is 1. The molecule has 0 radical (unpaired) electrons. The molecule has 4 rings (SSSR count). The molecule has 0 saturated carbocycles. The third-order valence-electron chi connectivity index (χ3n) is 5.17. The lowest BCUT2D eigenvalue weighted by Gasteiger charge is -2.08. The van der Waals surface area contributed by atoms with E-state index in [2.05, 4.69) is 9.97 Å². The first kappa shape index (κ1) is 22.2. The van der Waals surface area contributed by atoms with E-state index in [1.165, 1.54) is 18.2 Å². The number of ether oxygens (including phenoxy) is 1. The first-order valence-corrected chi connectivity index (χ1v) is 9.95. The van der Waals surface area contributed by atoms with Crippen LogP contribution in [0.3, 0.4) is 0 Å². The van der Waals surface area contributed by atoms with E-state index in [0.29, 0.717) is 16.8 Å². The zero-order valence-electron chi connectivity index (χ0n) is 17.8. The number of aromatic amines is 1. The van der Waals surface area contributed by atoms with E-state index in [9.17, 15) is 24.8 Å². The Balaban J connectivity index is 1.89. The van der Waals surface area contributed by atoms with Crippen molar-refractivity contribution in [2.45, 2.75) is 0 Å². The second-order valence-electron chi connectivity index (χ2n) is 7.28. The fraction of sp³-hybridized carbons (Fsp3) is 0.0417. The molecule has 0 bridgehead atoms. The third kappa shape index (κ3) is 4.19. The molecule has 1 aromatic heterocycles. The standard InChI is InChI=1S/C24H18N4O6/c1-34-17-7-3-4-13(11-17)14-8-9-18-19(12-14)26-21(23(29)27-18)20(25)22(28(32)33)15-5-2-6-16(10-15)24(30)31/h2-12H,25H2,1H3,(H,27,29)(H,30,31)/b22-20+. The summed E-state index contributed by atoms with van der Waals surface area (Å²) in [7, 11) is 1.56. The normalized spacial score (nSPS) is 11.7. The Morgan fingerprint density at radius 1 is 1.06 bits per heavy atom. The van der Waals surface area contributed by atoms with Gasteiger partial charge in [-0.15, -0.1) is 0 Å². The van der Waals surface area contributed by atoms with Crippen LogP contribution in [0.4, 0.5) is 0 Å². The van der Waals surface area contributed by atoms with E-state index in [-0.39, 0.29) is 16.8 Å². The van der Waals surface area contributed by atoms with Crippen molar-refractivity contribution in [3.05, 3.63) is 104 Å². The number of nitrogens with one attached hydrogen (secondary N) is 1. The highest BCUT2D eigenvalue weighted by Crippen LogP contribution is 2.27. The van der Waals surface area contributed by atoms with E-state index < -0.39 is 27.8 Å². The Bertz CT molecular complexity index is 1540. The van der Waals surface area contributed by atoms with Crippen molar-refractivity contribution < 1.29 is 19.6 Å². The lowest BCUT2D eigenvalue weighted by Crippen LogP contribution is -2.20. The van der Waals surface area contributed by atoms with Gasteiger partial charge in [-0.3, -0.25) is 14.9 Å². The van der Waals surface area contributed by atoms with Crippen molar-refractivity contribution in [2.75, 3.05) is 7.11 Å². The van der Waals surface area contributed by atoms with Crippen molar-refractivity contribution in [2.24, 2.45) is 5.73 Å². The lowest BCUT2D eigenvalue weighted by atomic mass is 10.0. The summed E-state index contributed by atoms with van der Waals surface area (Å²) < 4.78 is 5.26. The van der Waals surface area contributed by atoms with Gasteiger partial charge in [-0.2, -0.15) is 0 Å². The number of aromatic nitrogens is 2.